The molecule has 5 nitrogen and oxygen atoms in total. The third-order valence-corrected chi connectivity index (χ3v) is 2.49. The molecule has 0 unspecified atom stereocenters. The lowest BCUT2D eigenvalue weighted by Gasteiger charge is -2.12. The maximum atomic E-state index is 10.7. The Hall–Kier alpha value is -1.80. The van der Waals surface area contributed by atoms with Gasteiger partial charge in [0.15, 0.2) is 0 Å². The second-order valence-corrected chi connectivity index (χ2v) is 3.68. The minimum Gasteiger partial charge on any atom is -0.480 e. The van der Waals surface area contributed by atoms with Crippen LogP contribution in [0.25, 0.3) is 0 Å². The Morgan fingerprint density at radius 1 is 1.75 bits per heavy atom. The minimum absolute atomic E-state index is 0.235. The molecule has 0 saturated carbocycles. The van der Waals surface area contributed by atoms with E-state index in [9.17, 15) is 4.79 Å². The summed E-state index contributed by atoms with van der Waals surface area (Å²) < 4.78 is 0. The molecular weight excluding hydrogens is 230 g/mol. The van der Waals surface area contributed by atoms with Gasteiger partial charge in [-0.2, -0.15) is 5.26 Å². The first-order valence-corrected chi connectivity index (χ1v) is 4.89. The molecule has 0 aliphatic rings. The van der Waals surface area contributed by atoms with Gasteiger partial charge in [-0.15, -0.1) is 0 Å². The van der Waals surface area contributed by atoms with Crippen molar-refractivity contribution in [1.29, 1.82) is 5.26 Å². The van der Waals surface area contributed by atoms with Crippen molar-refractivity contribution < 1.29 is 9.90 Å². The average Bonchev–Trinajstić information content (AvgIpc) is 2.23. The second-order valence-electron chi connectivity index (χ2n) is 3.27. The number of hydrogen-bond acceptors (Lipinski definition) is 4. The molecule has 0 saturated heterocycles. The number of rotatable bonds is 3. The molecule has 0 fully saturated rings. The number of nitrogens with one attached hydrogen (secondary N) is 1. The van der Waals surface area contributed by atoms with E-state index in [0.29, 0.717) is 10.6 Å². The zero-order chi connectivity index (χ0) is 12.3. The molecule has 1 atom stereocenters. The van der Waals surface area contributed by atoms with E-state index in [1.165, 1.54) is 13.1 Å². The number of aliphatic carboxylic acids is 1. The SMILES string of the molecule is Cc1c(Cl)cnc(N[C@H](C)C(=O)O)c1C#N. The first-order valence-electron chi connectivity index (χ1n) is 4.52. The van der Waals surface area contributed by atoms with Crippen molar-refractivity contribution in [3.63, 3.8) is 0 Å². The zero-order valence-electron chi connectivity index (χ0n) is 8.78. The summed E-state index contributed by atoms with van der Waals surface area (Å²) in [5.41, 5.74) is 0.847. The Bertz CT molecular complexity index is 468. The number of carboxylic acid groups (broad SMARTS) is 1. The van der Waals surface area contributed by atoms with Gasteiger partial charge in [-0.05, 0) is 19.4 Å². The van der Waals surface area contributed by atoms with Gasteiger partial charge in [0.1, 0.15) is 17.9 Å². The number of nitriles is 1. The second kappa shape index (κ2) is 4.81. The molecule has 0 radical (unpaired) electrons. The first kappa shape index (κ1) is 12.3. The maximum Gasteiger partial charge on any atom is 0.325 e. The molecule has 0 aromatic carbocycles. The normalized spacial score (nSPS) is 11.6. The van der Waals surface area contributed by atoms with E-state index in [2.05, 4.69) is 10.3 Å². The van der Waals surface area contributed by atoms with Gasteiger partial charge in [-0.3, -0.25) is 4.79 Å². The van der Waals surface area contributed by atoms with E-state index >= 15 is 0 Å². The molecule has 0 aliphatic carbocycles. The minimum atomic E-state index is -1.02. The Morgan fingerprint density at radius 3 is 2.88 bits per heavy atom. The Labute approximate surface area is 97.7 Å². The highest BCUT2D eigenvalue weighted by Gasteiger charge is 2.15. The van der Waals surface area contributed by atoms with Crippen molar-refractivity contribution in [3.05, 3.63) is 22.3 Å². The summed E-state index contributed by atoms with van der Waals surface area (Å²) in [6.07, 6.45) is 1.38. The highest BCUT2D eigenvalue weighted by atomic mass is 35.5. The molecular formula is C10H10ClN3O2. The Morgan fingerprint density at radius 2 is 2.38 bits per heavy atom. The van der Waals surface area contributed by atoms with Crippen LogP contribution in [0.15, 0.2) is 6.20 Å². The van der Waals surface area contributed by atoms with Crippen molar-refractivity contribution in [2.24, 2.45) is 0 Å². The quantitative estimate of drug-likeness (QED) is 0.840. The van der Waals surface area contributed by atoms with Gasteiger partial charge in [0.25, 0.3) is 0 Å². The Balaban J connectivity index is 3.11. The standard InChI is InChI=1S/C10H10ClN3O2/c1-5-7(3-12)9(13-4-8(5)11)14-6(2)10(15)16/h4,6H,1-2H3,(H,13,14)(H,15,16)/t6-/m1/s1. The highest BCUT2D eigenvalue weighted by Crippen LogP contribution is 2.23. The molecule has 0 spiro atoms. The molecule has 6 heteroatoms. The molecule has 1 aromatic heterocycles. The van der Waals surface area contributed by atoms with Crippen LogP contribution in [0.5, 0.6) is 0 Å². The number of pyridine rings is 1. The molecule has 1 rings (SSSR count). The van der Waals surface area contributed by atoms with Crippen LogP contribution < -0.4 is 5.32 Å². The molecule has 0 aliphatic heterocycles. The molecule has 1 heterocycles. The van der Waals surface area contributed by atoms with E-state index < -0.39 is 12.0 Å². The average molecular weight is 240 g/mol. The summed E-state index contributed by atoms with van der Waals surface area (Å²) in [6.45, 7) is 3.15. The van der Waals surface area contributed by atoms with Gasteiger partial charge in [0.2, 0.25) is 0 Å². The topological polar surface area (TPSA) is 86.0 Å². The van der Waals surface area contributed by atoms with Crippen LogP contribution in [-0.4, -0.2) is 22.1 Å². The summed E-state index contributed by atoms with van der Waals surface area (Å²) in [5.74, 6) is -0.780. The van der Waals surface area contributed by atoms with Crippen LogP contribution in [-0.2, 0) is 4.79 Å². The fourth-order valence-corrected chi connectivity index (χ4v) is 1.24. The summed E-state index contributed by atoms with van der Waals surface area (Å²) in [5, 5.41) is 20.7. The van der Waals surface area contributed by atoms with Crippen LogP contribution in [0.1, 0.15) is 18.1 Å². The van der Waals surface area contributed by atoms with Crippen LogP contribution in [0.3, 0.4) is 0 Å². The summed E-state index contributed by atoms with van der Waals surface area (Å²) in [6, 6.07) is 1.13. The number of halogens is 1. The van der Waals surface area contributed by atoms with Crippen LogP contribution in [0.2, 0.25) is 5.02 Å². The number of nitrogens with zero attached hydrogens (tertiary/aromatic N) is 2. The monoisotopic (exact) mass is 239 g/mol. The van der Waals surface area contributed by atoms with Crippen molar-refractivity contribution in [2.75, 3.05) is 5.32 Å². The molecule has 84 valence electrons. The number of carboxylic acids is 1. The van der Waals surface area contributed by atoms with Gasteiger partial charge in [-0.1, -0.05) is 11.6 Å². The number of anilines is 1. The molecule has 2 N–H and O–H groups in total. The van der Waals surface area contributed by atoms with E-state index in [4.69, 9.17) is 22.0 Å². The van der Waals surface area contributed by atoms with Gasteiger partial charge in [-0.25, -0.2) is 4.98 Å². The summed E-state index contributed by atoms with van der Waals surface area (Å²) in [7, 11) is 0. The summed E-state index contributed by atoms with van der Waals surface area (Å²) >= 11 is 5.81. The largest absolute Gasteiger partial charge is 0.480 e. The van der Waals surface area contributed by atoms with E-state index in [1.807, 2.05) is 6.07 Å². The van der Waals surface area contributed by atoms with Crippen molar-refractivity contribution >= 4 is 23.4 Å². The van der Waals surface area contributed by atoms with E-state index in [0.717, 1.165) is 0 Å². The smallest absolute Gasteiger partial charge is 0.325 e. The molecule has 0 amide bonds. The van der Waals surface area contributed by atoms with Crippen LogP contribution in [0.4, 0.5) is 5.82 Å². The lowest BCUT2D eigenvalue weighted by atomic mass is 10.1. The number of aromatic nitrogens is 1. The predicted octanol–water partition coefficient (Wildman–Crippen LogP) is 1.80. The van der Waals surface area contributed by atoms with Crippen molar-refractivity contribution in [1.82, 2.24) is 4.98 Å². The predicted molar refractivity (Wildman–Crippen MR) is 59.4 cm³/mol. The zero-order valence-corrected chi connectivity index (χ0v) is 9.54. The van der Waals surface area contributed by atoms with E-state index in [-0.39, 0.29) is 11.4 Å². The molecule has 0 bridgehead atoms. The van der Waals surface area contributed by atoms with Crippen molar-refractivity contribution in [2.45, 2.75) is 19.9 Å². The molecule has 1 aromatic rings. The Kier molecular flexibility index (Phi) is 3.69. The fraction of sp³-hybridized carbons (Fsp3) is 0.300. The van der Waals surface area contributed by atoms with Crippen LogP contribution >= 0.6 is 11.6 Å². The van der Waals surface area contributed by atoms with Crippen molar-refractivity contribution in [3.8, 4) is 6.07 Å². The van der Waals surface area contributed by atoms with Crippen LogP contribution in [0, 0.1) is 18.3 Å². The lowest BCUT2D eigenvalue weighted by Crippen LogP contribution is -2.26. The van der Waals surface area contributed by atoms with Gasteiger partial charge < -0.3 is 10.4 Å². The highest BCUT2D eigenvalue weighted by molar-refractivity contribution is 6.31. The van der Waals surface area contributed by atoms with E-state index in [1.54, 1.807) is 6.92 Å². The summed E-state index contributed by atoms with van der Waals surface area (Å²) in [4.78, 5) is 14.6. The maximum absolute atomic E-state index is 10.7. The third kappa shape index (κ3) is 2.41. The van der Waals surface area contributed by atoms with Gasteiger partial charge >= 0.3 is 5.97 Å². The fourth-order valence-electron chi connectivity index (χ4n) is 1.09. The van der Waals surface area contributed by atoms with Gasteiger partial charge in [0.05, 0.1) is 10.6 Å². The lowest BCUT2D eigenvalue weighted by molar-refractivity contribution is -0.137. The van der Waals surface area contributed by atoms with Gasteiger partial charge in [0, 0.05) is 6.20 Å². The first-order chi connectivity index (χ1) is 7.47. The number of hydrogen-bond donors (Lipinski definition) is 2. The molecule has 16 heavy (non-hydrogen) atoms. The number of carbonyl (C=O) groups is 1. The third-order valence-electron chi connectivity index (χ3n) is 2.11.